The second-order valence-corrected chi connectivity index (χ2v) is 5.78. The Morgan fingerprint density at radius 3 is 2.86 bits per heavy atom. The fourth-order valence-corrected chi connectivity index (χ4v) is 3.31. The standard InChI is InChI=1S/C19H19NO/c1-3-9-17-14(6-1)8-5-10-18(17)20-13-16-12-15-7-2-4-11-19(15)21-16/h1-4,6-7,9,11-12,18,20H,5,8,10,13H2. The number of fused-ring (bicyclic) bond motifs is 2. The molecule has 0 saturated carbocycles. The molecule has 0 radical (unpaired) electrons. The van der Waals surface area contributed by atoms with Crippen LogP contribution in [0.2, 0.25) is 0 Å². The molecule has 1 N–H and O–H groups in total. The lowest BCUT2D eigenvalue weighted by atomic mass is 9.88. The van der Waals surface area contributed by atoms with Crippen molar-refractivity contribution in [1.29, 1.82) is 0 Å². The third kappa shape index (κ3) is 2.47. The molecule has 0 aliphatic heterocycles. The third-order valence-corrected chi connectivity index (χ3v) is 4.37. The smallest absolute Gasteiger partial charge is 0.134 e. The lowest BCUT2D eigenvalue weighted by Gasteiger charge is -2.26. The van der Waals surface area contributed by atoms with E-state index >= 15 is 0 Å². The first-order chi connectivity index (χ1) is 10.4. The number of hydrogen-bond acceptors (Lipinski definition) is 2. The van der Waals surface area contributed by atoms with Gasteiger partial charge in [-0.25, -0.2) is 0 Å². The lowest BCUT2D eigenvalue weighted by Crippen LogP contribution is -2.24. The Kier molecular flexibility index (Phi) is 3.24. The van der Waals surface area contributed by atoms with Gasteiger partial charge in [-0.2, -0.15) is 0 Å². The Labute approximate surface area is 124 Å². The van der Waals surface area contributed by atoms with Crippen molar-refractivity contribution in [3.05, 3.63) is 71.5 Å². The zero-order valence-corrected chi connectivity index (χ0v) is 12.0. The number of aryl methyl sites for hydroxylation is 1. The van der Waals surface area contributed by atoms with Crippen LogP contribution in [0.4, 0.5) is 0 Å². The summed E-state index contributed by atoms with van der Waals surface area (Å²) in [5.41, 5.74) is 3.92. The van der Waals surface area contributed by atoms with Crippen LogP contribution in [0.5, 0.6) is 0 Å². The van der Waals surface area contributed by atoms with Crippen LogP contribution in [0.15, 0.2) is 59.0 Å². The number of hydrogen-bond donors (Lipinski definition) is 1. The van der Waals surface area contributed by atoms with E-state index in [-0.39, 0.29) is 0 Å². The topological polar surface area (TPSA) is 25.2 Å². The normalized spacial score (nSPS) is 17.8. The summed E-state index contributed by atoms with van der Waals surface area (Å²) in [5.74, 6) is 1.01. The first kappa shape index (κ1) is 12.7. The number of furan rings is 1. The van der Waals surface area contributed by atoms with Crippen LogP contribution in [0.3, 0.4) is 0 Å². The molecule has 0 amide bonds. The highest BCUT2D eigenvalue weighted by molar-refractivity contribution is 5.77. The number of nitrogens with one attached hydrogen (secondary N) is 1. The van der Waals surface area contributed by atoms with Crippen molar-refractivity contribution in [1.82, 2.24) is 5.32 Å². The van der Waals surface area contributed by atoms with Gasteiger partial charge >= 0.3 is 0 Å². The monoisotopic (exact) mass is 277 g/mol. The minimum Gasteiger partial charge on any atom is -0.460 e. The molecule has 1 aliphatic rings. The summed E-state index contributed by atoms with van der Waals surface area (Å²) in [7, 11) is 0. The van der Waals surface area contributed by atoms with Crippen LogP contribution in [0.1, 0.15) is 35.8 Å². The van der Waals surface area contributed by atoms with E-state index in [0.29, 0.717) is 6.04 Å². The number of rotatable bonds is 3. The molecule has 1 unspecified atom stereocenters. The second-order valence-electron chi connectivity index (χ2n) is 5.78. The van der Waals surface area contributed by atoms with Gasteiger partial charge in [-0.05, 0) is 42.5 Å². The molecule has 3 aromatic rings. The quantitative estimate of drug-likeness (QED) is 0.757. The van der Waals surface area contributed by atoms with Gasteiger partial charge < -0.3 is 9.73 Å². The van der Waals surface area contributed by atoms with Crippen molar-refractivity contribution in [2.24, 2.45) is 0 Å². The van der Waals surface area contributed by atoms with Gasteiger partial charge in [-0.1, -0.05) is 42.5 Å². The zero-order valence-electron chi connectivity index (χ0n) is 12.0. The molecular weight excluding hydrogens is 258 g/mol. The van der Waals surface area contributed by atoms with Gasteiger partial charge in [0, 0.05) is 11.4 Å². The first-order valence-electron chi connectivity index (χ1n) is 7.69. The SMILES string of the molecule is c1ccc2c(c1)CCCC2NCc1cc2ccccc2o1. The van der Waals surface area contributed by atoms with Crippen molar-refractivity contribution in [2.45, 2.75) is 31.8 Å². The molecule has 1 atom stereocenters. The summed E-state index contributed by atoms with van der Waals surface area (Å²) in [5, 5.41) is 4.84. The van der Waals surface area contributed by atoms with E-state index in [9.17, 15) is 0 Å². The molecule has 106 valence electrons. The Bertz CT molecular complexity index is 726. The van der Waals surface area contributed by atoms with E-state index in [1.54, 1.807) is 0 Å². The Morgan fingerprint density at radius 2 is 1.90 bits per heavy atom. The summed E-state index contributed by atoms with van der Waals surface area (Å²) in [6.07, 6.45) is 3.67. The molecule has 0 saturated heterocycles. The summed E-state index contributed by atoms with van der Waals surface area (Å²) < 4.78 is 5.88. The third-order valence-electron chi connectivity index (χ3n) is 4.37. The summed E-state index contributed by atoms with van der Waals surface area (Å²) in [4.78, 5) is 0. The van der Waals surface area contributed by atoms with Crippen LogP contribution < -0.4 is 5.32 Å². The summed E-state index contributed by atoms with van der Waals surface area (Å²) >= 11 is 0. The first-order valence-corrected chi connectivity index (χ1v) is 7.69. The maximum atomic E-state index is 5.88. The summed E-state index contributed by atoms with van der Waals surface area (Å²) in [6, 6.07) is 19.6. The molecule has 0 bridgehead atoms. The average Bonchev–Trinajstić information content (AvgIpc) is 2.96. The van der Waals surface area contributed by atoms with Crippen molar-refractivity contribution in [2.75, 3.05) is 0 Å². The number of benzene rings is 2. The fourth-order valence-electron chi connectivity index (χ4n) is 3.31. The molecule has 2 nitrogen and oxygen atoms in total. The van der Waals surface area contributed by atoms with Gasteiger partial charge in [0.25, 0.3) is 0 Å². The second kappa shape index (κ2) is 5.38. The van der Waals surface area contributed by atoms with Crippen LogP contribution in [0.25, 0.3) is 11.0 Å². The summed E-state index contributed by atoms with van der Waals surface area (Å²) in [6.45, 7) is 0.785. The van der Waals surface area contributed by atoms with E-state index in [0.717, 1.165) is 17.9 Å². The molecular formula is C19H19NO. The van der Waals surface area contributed by atoms with Gasteiger partial charge in [-0.15, -0.1) is 0 Å². The molecule has 4 rings (SSSR count). The van der Waals surface area contributed by atoms with Crippen LogP contribution in [-0.2, 0) is 13.0 Å². The minimum atomic E-state index is 0.447. The van der Waals surface area contributed by atoms with E-state index in [4.69, 9.17) is 4.42 Å². The lowest BCUT2D eigenvalue weighted by molar-refractivity contribution is 0.426. The van der Waals surface area contributed by atoms with Gasteiger partial charge in [0.2, 0.25) is 0 Å². The molecule has 21 heavy (non-hydrogen) atoms. The zero-order chi connectivity index (χ0) is 14.1. The van der Waals surface area contributed by atoms with Crippen LogP contribution in [0, 0.1) is 0 Å². The molecule has 0 fully saturated rings. The van der Waals surface area contributed by atoms with Crippen molar-refractivity contribution >= 4 is 11.0 Å². The predicted molar refractivity (Wildman–Crippen MR) is 85.2 cm³/mol. The highest BCUT2D eigenvalue weighted by atomic mass is 16.3. The molecule has 1 heterocycles. The molecule has 0 spiro atoms. The van der Waals surface area contributed by atoms with Crippen molar-refractivity contribution in [3.63, 3.8) is 0 Å². The van der Waals surface area contributed by atoms with Gasteiger partial charge in [0.15, 0.2) is 0 Å². The Morgan fingerprint density at radius 1 is 1.05 bits per heavy atom. The molecule has 2 heteroatoms. The van der Waals surface area contributed by atoms with E-state index in [1.165, 1.54) is 35.8 Å². The van der Waals surface area contributed by atoms with Gasteiger partial charge in [-0.3, -0.25) is 0 Å². The number of para-hydroxylation sites is 1. The van der Waals surface area contributed by atoms with Crippen molar-refractivity contribution in [3.8, 4) is 0 Å². The maximum absolute atomic E-state index is 5.88. The maximum Gasteiger partial charge on any atom is 0.134 e. The highest BCUT2D eigenvalue weighted by Crippen LogP contribution is 2.30. The molecule has 1 aromatic heterocycles. The average molecular weight is 277 g/mol. The van der Waals surface area contributed by atoms with Crippen LogP contribution >= 0.6 is 0 Å². The predicted octanol–water partition coefficient (Wildman–Crippen LogP) is 4.60. The van der Waals surface area contributed by atoms with Gasteiger partial charge in [0.1, 0.15) is 11.3 Å². The van der Waals surface area contributed by atoms with E-state index in [1.807, 2.05) is 18.2 Å². The fraction of sp³-hybridized carbons (Fsp3) is 0.263. The highest BCUT2D eigenvalue weighted by Gasteiger charge is 2.19. The van der Waals surface area contributed by atoms with Crippen LogP contribution in [-0.4, -0.2) is 0 Å². The van der Waals surface area contributed by atoms with E-state index < -0.39 is 0 Å². The Hall–Kier alpha value is -2.06. The van der Waals surface area contributed by atoms with Crippen molar-refractivity contribution < 1.29 is 4.42 Å². The largest absolute Gasteiger partial charge is 0.460 e. The molecule has 2 aromatic carbocycles. The van der Waals surface area contributed by atoms with Gasteiger partial charge in [0.05, 0.1) is 6.54 Å². The molecule has 1 aliphatic carbocycles. The Balaban J connectivity index is 1.52. The minimum absolute atomic E-state index is 0.447. The van der Waals surface area contributed by atoms with E-state index in [2.05, 4.69) is 41.7 Å².